The van der Waals surface area contributed by atoms with Crippen molar-refractivity contribution in [2.75, 3.05) is 6.61 Å². The summed E-state index contributed by atoms with van der Waals surface area (Å²) in [5.41, 5.74) is 0. The summed E-state index contributed by atoms with van der Waals surface area (Å²) >= 11 is 0. The Morgan fingerprint density at radius 3 is 2.20 bits per heavy atom. The number of hydrogen-bond acceptors (Lipinski definition) is 3. The van der Waals surface area contributed by atoms with Crippen LogP contribution in [0.3, 0.4) is 0 Å². The minimum absolute atomic E-state index is 0.211. The Labute approximate surface area is 90.6 Å². The first-order valence-electron chi connectivity index (χ1n) is 4.89. The van der Waals surface area contributed by atoms with Gasteiger partial charge in [-0.15, -0.1) is 0 Å². The quantitative estimate of drug-likeness (QED) is 0.442. The molecule has 0 aromatic heterocycles. The van der Waals surface area contributed by atoms with Crippen molar-refractivity contribution in [1.82, 2.24) is 0 Å². The van der Waals surface area contributed by atoms with Gasteiger partial charge in [-0.05, 0) is 13.3 Å². The Morgan fingerprint density at radius 2 is 1.93 bits per heavy atom. The van der Waals surface area contributed by atoms with E-state index >= 15 is 0 Å². The van der Waals surface area contributed by atoms with Crippen molar-refractivity contribution < 1.29 is 19.4 Å². The maximum atomic E-state index is 9.82. The van der Waals surface area contributed by atoms with Gasteiger partial charge in [-0.2, -0.15) is 0 Å². The molecule has 0 radical (unpaired) electrons. The lowest BCUT2D eigenvalue weighted by atomic mass is 10.2. The number of aliphatic carboxylic acids is 1. The summed E-state index contributed by atoms with van der Waals surface area (Å²) in [6.07, 6.45) is 2.75. The summed E-state index contributed by atoms with van der Waals surface area (Å²) in [6.45, 7) is 5.70. The van der Waals surface area contributed by atoms with Crippen LogP contribution in [0.4, 0.5) is 0 Å². The van der Waals surface area contributed by atoms with E-state index in [9.17, 15) is 9.59 Å². The monoisotopic (exact) mass is 214 g/mol. The van der Waals surface area contributed by atoms with Gasteiger partial charge in [0.1, 0.15) is 0 Å². The SMILES string of the molecule is CCCCC#CC(=O)O.CCOC(C)=O. The Bertz CT molecular complexity index is 235. The summed E-state index contributed by atoms with van der Waals surface area (Å²) in [5, 5.41) is 8.04. The number of rotatable bonds is 3. The fourth-order valence-corrected chi connectivity index (χ4v) is 0.607. The highest BCUT2D eigenvalue weighted by molar-refractivity contribution is 5.86. The van der Waals surface area contributed by atoms with Crippen LogP contribution in [-0.4, -0.2) is 23.7 Å². The van der Waals surface area contributed by atoms with Gasteiger partial charge < -0.3 is 9.84 Å². The first kappa shape index (κ1) is 15.9. The van der Waals surface area contributed by atoms with E-state index in [2.05, 4.69) is 10.7 Å². The molecule has 86 valence electrons. The topological polar surface area (TPSA) is 63.6 Å². The minimum Gasteiger partial charge on any atom is -0.472 e. The van der Waals surface area contributed by atoms with Crippen molar-refractivity contribution in [1.29, 1.82) is 0 Å². The first-order valence-corrected chi connectivity index (χ1v) is 4.89. The molecule has 1 N–H and O–H groups in total. The van der Waals surface area contributed by atoms with Gasteiger partial charge in [-0.3, -0.25) is 4.79 Å². The summed E-state index contributed by atoms with van der Waals surface area (Å²) in [7, 11) is 0. The molecule has 0 rings (SSSR count). The molecule has 0 heterocycles. The van der Waals surface area contributed by atoms with Gasteiger partial charge in [0.2, 0.25) is 0 Å². The lowest BCUT2D eigenvalue weighted by Crippen LogP contribution is -1.95. The van der Waals surface area contributed by atoms with Gasteiger partial charge in [0, 0.05) is 19.3 Å². The molecule has 15 heavy (non-hydrogen) atoms. The third kappa shape index (κ3) is 24.5. The van der Waals surface area contributed by atoms with Crippen LogP contribution >= 0.6 is 0 Å². The molecular formula is C11H18O4. The van der Waals surface area contributed by atoms with Crippen LogP contribution in [0.5, 0.6) is 0 Å². The molecule has 0 saturated heterocycles. The van der Waals surface area contributed by atoms with E-state index in [0.717, 1.165) is 12.8 Å². The van der Waals surface area contributed by atoms with Gasteiger partial charge in [0.15, 0.2) is 0 Å². The highest BCUT2D eigenvalue weighted by Crippen LogP contribution is 1.89. The van der Waals surface area contributed by atoms with Crippen molar-refractivity contribution in [3.05, 3.63) is 0 Å². The molecule has 0 fully saturated rings. The van der Waals surface area contributed by atoms with Crippen LogP contribution in [0.15, 0.2) is 0 Å². The summed E-state index contributed by atoms with van der Waals surface area (Å²) in [4.78, 5) is 19.6. The molecule has 0 aliphatic carbocycles. The van der Waals surface area contributed by atoms with Gasteiger partial charge in [-0.1, -0.05) is 19.3 Å². The number of carbonyl (C=O) groups is 2. The molecule has 0 amide bonds. The zero-order chi connectivity index (χ0) is 12.1. The normalized spacial score (nSPS) is 7.67. The molecule has 0 aliphatic heterocycles. The highest BCUT2D eigenvalue weighted by Gasteiger charge is 1.82. The van der Waals surface area contributed by atoms with Crippen LogP contribution in [0.1, 0.15) is 40.0 Å². The smallest absolute Gasteiger partial charge is 0.381 e. The third-order valence-corrected chi connectivity index (χ3v) is 1.20. The molecule has 0 aromatic rings. The fourth-order valence-electron chi connectivity index (χ4n) is 0.607. The number of carbonyl (C=O) groups excluding carboxylic acids is 1. The number of ether oxygens (including phenoxy) is 1. The molecule has 0 bridgehead atoms. The zero-order valence-electron chi connectivity index (χ0n) is 9.50. The number of esters is 1. The third-order valence-electron chi connectivity index (χ3n) is 1.20. The van der Waals surface area contributed by atoms with E-state index in [4.69, 9.17) is 5.11 Å². The average Bonchev–Trinajstić information content (AvgIpc) is 2.13. The molecule has 0 atom stereocenters. The maximum absolute atomic E-state index is 9.82. The Balaban J connectivity index is 0. The second-order valence-electron chi connectivity index (χ2n) is 2.64. The van der Waals surface area contributed by atoms with E-state index < -0.39 is 5.97 Å². The van der Waals surface area contributed by atoms with E-state index in [1.165, 1.54) is 6.92 Å². The highest BCUT2D eigenvalue weighted by atomic mass is 16.5. The Morgan fingerprint density at radius 1 is 1.33 bits per heavy atom. The predicted octanol–water partition coefficient (Wildman–Crippen LogP) is 1.83. The van der Waals surface area contributed by atoms with Crippen LogP contribution in [0, 0.1) is 11.8 Å². The van der Waals surface area contributed by atoms with E-state index in [1.807, 2.05) is 12.8 Å². The van der Waals surface area contributed by atoms with Crippen LogP contribution in [0.25, 0.3) is 0 Å². The second-order valence-corrected chi connectivity index (χ2v) is 2.64. The van der Waals surface area contributed by atoms with Gasteiger partial charge in [0.05, 0.1) is 6.61 Å². The maximum Gasteiger partial charge on any atom is 0.381 e. The largest absolute Gasteiger partial charge is 0.472 e. The van der Waals surface area contributed by atoms with Crippen molar-refractivity contribution in [2.24, 2.45) is 0 Å². The van der Waals surface area contributed by atoms with E-state index in [0.29, 0.717) is 13.0 Å². The summed E-state index contributed by atoms with van der Waals surface area (Å²) in [5.74, 6) is 3.34. The minimum atomic E-state index is -1.04. The average molecular weight is 214 g/mol. The fraction of sp³-hybridized carbons (Fsp3) is 0.636. The van der Waals surface area contributed by atoms with Gasteiger partial charge in [-0.25, -0.2) is 4.79 Å². The number of carboxylic acids is 1. The Kier molecular flexibility index (Phi) is 13.3. The molecule has 0 saturated carbocycles. The molecule has 4 nitrogen and oxygen atoms in total. The second kappa shape index (κ2) is 12.5. The van der Waals surface area contributed by atoms with Crippen LogP contribution < -0.4 is 0 Å². The van der Waals surface area contributed by atoms with Crippen molar-refractivity contribution in [3.8, 4) is 11.8 Å². The van der Waals surface area contributed by atoms with Crippen molar-refractivity contribution in [2.45, 2.75) is 40.0 Å². The molecule has 0 spiro atoms. The number of carboxylic acid groups (broad SMARTS) is 1. The van der Waals surface area contributed by atoms with Crippen molar-refractivity contribution in [3.63, 3.8) is 0 Å². The molecule has 0 unspecified atom stereocenters. The Hall–Kier alpha value is -1.50. The van der Waals surface area contributed by atoms with Gasteiger partial charge >= 0.3 is 11.9 Å². The van der Waals surface area contributed by atoms with E-state index in [1.54, 1.807) is 6.92 Å². The standard InChI is InChI=1S/C7H10O2.C4H8O2/c1-2-3-4-5-6-7(8)9;1-3-6-4(2)5/h2-4H2,1H3,(H,8,9);3H2,1-2H3. The molecular weight excluding hydrogens is 196 g/mol. The van der Waals surface area contributed by atoms with Crippen LogP contribution in [0.2, 0.25) is 0 Å². The van der Waals surface area contributed by atoms with Crippen molar-refractivity contribution >= 4 is 11.9 Å². The zero-order valence-corrected chi connectivity index (χ0v) is 9.50. The predicted molar refractivity (Wildman–Crippen MR) is 57.2 cm³/mol. The molecule has 0 aliphatic rings. The van der Waals surface area contributed by atoms with Gasteiger partial charge in [0.25, 0.3) is 0 Å². The van der Waals surface area contributed by atoms with E-state index in [-0.39, 0.29) is 5.97 Å². The molecule has 0 aromatic carbocycles. The van der Waals surface area contributed by atoms with Crippen LogP contribution in [-0.2, 0) is 14.3 Å². The molecule has 4 heteroatoms. The summed E-state index contributed by atoms with van der Waals surface area (Å²) in [6, 6.07) is 0. The lowest BCUT2D eigenvalue weighted by molar-refractivity contribution is -0.140. The number of unbranched alkanes of at least 4 members (excludes halogenated alkanes) is 2. The number of hydrogen-bond donors (Lipinski definition) is 1. The summed E-state index contributed by atoms with van der Waals surface area (Å²) < 4.78 is 4.40. The first-order chi connectivity index (χ1) is 7.04. The lowest BCUT2D eigenvalue weighted by Gasteiger charge is -1.89.